The Labute approximate surface area is 181 Å². The van der Waals surface area contributed by atoms with E-state index in [1.165, 1.54) is 0 Å². The van der Waals surface area contributed by atoms with Gasteiger partial charge in [-0.15, -0.1) is 0 Å². The van der Waals surface area contributed by atoms with E-state index in [-0.39, 0.29) is 5.91 Å². The molecule has 0 bridgehead atoms. The summed E-state index contributed by atoms with van der Waals surface area (Å²) in [6, 6.07) is 34.0. The lowest BCUT2D eigenvalue weighted by Gasteiger charge is -2.23. The monoisotopic (exact) mass is 413 g/mol. The Balaban J connectivity index is 1.59. The van der Waals surface area contributed by atoms with Crippen LogP contribution in [0.3, 0.4) is 0 Å². The third-order valence-electron chi connectivity index (χ3n) is 4.65. The molecule has 0 aliphatic rings. The average Bonchev–Trinajstić information content (AvgIpc) is 2.80. The van der Waals surface area contributed by atoms with Gasteiger partial charge in [0, 0.05) is 22.0 Å². The fourth-order valence-corrected chi connectivity index (χ4v) is 3.24. The van der Waals surface area contributed by atoms with Crippen LogP contribution in [0.25, 0.3) is 0 Å². The highest BCUT2D eigenvalue weighted by Gasteiger charge is 2.19. The largest absolute Gasteiger partial charge is 0.489 e. The lowest BCUT2D eigenvalue weighted by Crippen LogP contribution is -2.25. The van der Waals surface area contributed by atoms with Crippen LogP contribution in [-0.4, -0.2) is 5.91 Å². The van der Waals surface area contributed by atoms with Gasteiger partial charge in [0.05, 0.1) is 0 Å². The molecule has 0 radical (unpaired) electrons. The summed E-state index contributed by atoms with van der Waals surface area (Å²) in [5, 5.41) is 0.595. The maximum atomic E-state index is 13.3. The number of hydrogen-bond acceptors (Lipinski definition) is 2. The SMILES string of the molecule is O=C(c1ccc(Cl)cc1)N(c1ccccc1)c1ccc(OCc2ccccc2)cc1. The molecule has 0 atom stereocenters. The minimum absolute atomic E-state index is 0.129. The highest BCUT2D eigenvalue weighted by molar-refractivity contribution is 6.30. The molecule has 4 heteroatoms. The van der Waals surface area contributed by atoms with Gasteiger partial charge in [0.15, 0.2) is 0 Å². The molecule has 0 N–H and O–H groups in total. The quantitative estimate of drug-likeness (QED) is 0.344. The maximum absolute atomic E-state index is 13.3. The fourth-order valence-electron chi connectivity index (χ4n) is 3.11. The standard InChI is InChI=1S/C26H20ClNO2/c27-22-13-11-21(12-14-22)26(29)28(23-9-5-2-6-10-23)24-15-17-25(18-16-24)30-19-20-7-3-1-4-8-20/h1-18H,19H2. The number of nitrogens with zero attached hydrogens (tertiary/aromatic N) is 1. The number of carbonyl (C=O) groups excluding carboxylic acids is 1. The van der Waals surface area contributed by atoms with Crippen molar-refractivity contribution in [1.82, 2.24) is 0 Å². The van der Waals surface area contributed by atoms with Crippen LogP contribution in [0.1, 0.15) is 15.9 Å². The van der Waals surface area contributed by atoms with E-state index in [0.29, 0.717) is 17.2 Å². The first kappa shape index (κ1) is 19.7. The highest BCUT2D eigenvalue weighted by Crippen LogP contribution is 2.29. The van der Waals surface area contributed by atoms with Gasteiger partial charge < -0.3 is 4.74 Å². The molecule has 0 saturated heterocycles. The molecular weight excluding hydrogens is 394 g/mol. The normalized spacial score (nSPS) is 10.4. The van der Waals surface area contributed by atoms with Crippen molar-refractivity contribution in [1.29, 1.82) is 0 Å². The van der Waals surface area contributed by atoms with E-state index in [0.717, 1.165) is 22.7 Å². The number of hydrogen-bond donors (Lipinski definition) is 0. The van der Waals surface area contributed by atoms with E-state index in [2.05, 4.69) is 0 Å². The van der Waals surface area contributed by atoms with E-state index in [4.69, 9.17) is 16.3 Å². The molecule has 0 heterocycles. The fraction of sp³-hybridized carbons (Fsp3) is 0.0385. The van der Waals surface area contributed by atoms with Crippen molar-refractivity contribution in [2.75, 3.05) is 4.90 Å². The van der Waals surface area contributed by atoms with Crippen molar-refractivity contribution in [3.05, 3.63) is 125 Å². The molecule has 0 saturated carbocycles. The molecule has 4 rings (SSSR count). The second-order valence-electron chi connectivity index (χ2n) is 6.75. The maximum Gasteiger partial charge on any atom is 0.262 e. The summed E-state index contributed by atoms with van der Waals surface area (Å²) in [5.74, 6) is 0.616. The minimum Gasteiger partial charge on any atom is -0.489 e. The lowest BCUT2D eigenvalue weighted by molar-refractivity contribution is 0.0999. The topological polar surface area (TPSA) is 29.5 Å². The van der Waals surface area contributed by atoms with Crippen LogP contribution in [0.4, 0.5) is 11.4 Å². The Bertz CT molecular complexity index is 1100. The number of carbonyl (C=O) groups is 1. The van der Waals surface area contributed by atoms with Crippen molar-refractivity contribution >= 4 is 28.9 Å². The summed E-state index contributed by atoms with van der Waals surface area (Å²) in [4.78, 5) is 15.0. The highest BCUT2D eigenvalue weighted by atomic mass is 35.5. The molecule has 0 aromatic heterocycles. The second-order valence-corrected chi connectivity index (χ2v) is 7.19. The van der Waals surface area contributed by atoms with Crippen LogP contribution < -0.4 is 9.64 Å². The van der Waals surface area contributed by atoms with Gasteiger partial charge in [-0.2, -0.15) is 0 Å². The second kappa shape index (κ2) is 9.29. The molecule has 0 aliphatic carbocycles. The van der Waals surface area contributed by atoms with Gasteiger partial charge in [-0.05, 0) is 66.2 Å². The Morgan fingerprint density at radius 1 is 0.700 bits per heavy atom. The Morgan fingerprint density at radius 2 is 1.27 bits per heavy atom. The van der Waals surface area contributed by atoms with Crippen LogP contribution >= 0.6 is 11.6 Å². The molecule has 3 nitrogen and oxygen atoms in total. The van der Waals surface area contributed by atoms with E-state index in [1.807, 2.05) is 84.9 Å². The molecule has 1 amide bonds. The van der Waals surface area contributed by atoms with E-state index >= 15 is 0 Å². The van der Waals surface area contributed by atoms with E-state index < -0.39 is 0 Å². The Kier molecular flexibility index (Phi) is 6.11. The van der Waals surface area contributed by atoms with Gasteiger partial charge in [-0.3, -0.25) is 9.69 Å². The van der Waals surface area contributed by atoms with Gasteiger partial charge in [0.1, 0.15) is 12.4 Å². The number of halogens is 1. The number of amides is 1. The van der Waals surface area contributed by atoms with Crippen molar-refractivity contribution in [3.63, 3.8) is 0 Å². The number of anilines is 2. The first-order valence-electron chi connectivity index (χ1n) is 9.62. The molecule has 4 aromatic rings. The molecule has 4 aromatic carbocycles. The smallest absolute Gasteiger partial charge is 0.262 e. The number of rotatable bonds is 6. The predicted molar refractivity (Wildman–Crippen MR) is 122 cm³/mol. The van der Waals surface area contributed by atoms with Crippen LogP contribution in [0, 0.1) is 0 Å². The zero-order valence-corrected chi connectivity index (χ0v) is 17.0. The first-order valence-corrected chi connectivity index (χ1v) is 10.0. The van der Waals surface area contributed by atoms with Gasteiger partial charge in [0.25, 0.3) is 5.91 Å². The number of ether oxygens (including phenoxy) is 1. The average molecular weight is 414 g/mol. The predicted octanol–water partition coefficient (Wildman–Crippen LogP) is 6.90. The summed E-state index contributed by atoms with van der Waals surface area (Å²) < 4.78 is 5.87. The molecule has 148 valence electrons. The zero-order valence-electron chi connectivity index (χ0n) is 16.2. The van der Waals surface area contributed by atoms with Crippen molar-refractivity contribution in [3.8, 4) is 5.75 Å². The van der Waals surface area contributed by atoms with Crippen molar-refractivity contribution in [2.45, 2.75) is 6.61 Å². The van der Waals surface area contributed by atoms with E-state index in [1.54, 1.807) is 29.2 Å². The van der Waals surface area contributed by atoms with Crippen LogP contribution in [0.5, 0.6) is 5.75 Å². The third-order valence-corrected chi connectivity index (χ3v) is 4.90. The van der Waals surface area contributed by atoms with Crippen molar-refractivity contribution < 1.29 is 9.53 Å². The Hall–Kier alpha value is -3.56. The molecule has 0 unspecified atom stereocenters. The Morgan fingerprint density at radius 3 is 1.90 bits per heavy atom. The van der Waals surface area contributed by atoms with Gasteiger partial charge in [-0.1, -0.05) is 60.1 Å². The van der Waals surface area contributed by atoms with Crippen LogP contribution in [0.2, 0.25) is 5.02 Å². The summed E-state index contributed by atoms with van der Waals surface area (Å²) in [6.07, 6.45) is 0. The lowest BCUT2D eigenvalue weighted by atomic mass is 10.1. The van der Waals surface area contributed by atoms with Gasteiger partial charge >= 0.3 is 0 Å². The molecule has 0 fully saturated rings. The van der Waals surface area contributed by atoms with Gasteiger partial charge in [0.2, 0.25) is 0 Å². The molecule has 30 heavy (non-hydrogen) atoms. The molecule has 0 aliphatic heterocycles. The summed E-state index contributed by atoms with van der Waals surface area (Å²) >= 11 is 5.98. The summed E-state index contributed by atoms with van der Waals surface area (Å²) in [5.41, 5.74) is 3.21. The first-order chi connectivity index (χ1) is 14.7. The number of para-hydroxylation sites is 1. The molecular formula is C26H20ClNO2. The van der Waals surface area contributed by atoms with E-state index in [9.17, 15) is 4.79 Å². The summed E-state index contributed by atoms with van der Waals surface area (Å²) in [6.45, 7) is 0.492. The van der Waals surface area contributed by atoms with Crippen molar-refractivity contribution in [2.24, 2.45) is 0 Å². The third kappa shape index (κ3) is 4.70. The molecule has 0 spiro atoms. The van der Waals surface area contributed by atoms with Gasteiger partial charge in [-0.25, -0.2) is 0 Å². The summed E-state index contributed by atoms with van der Waals surface area (Å²) in [7, 11) is 0. The zero-order chi connectivity index (χ0) is 20.8. The number of benzene rings is 4. The minimum atomic E-state index is -0.129. The van der Waals surface area contributed by atoms with Crippen LogP contribution in [0.15, 0.2) is 109 Å². The van der Waals surface area contributed by atoms with Crippen LogP contribution in [-0.2, 0) is 6.61 Å².